The van der Waals surface area contributed by atoms with Crippen LogP contribution >= 0.6 is 0 Å². The number of carbonyl (C=O) groups excluding carboxylic acids is 1. The average molecular weight is 239 g/mol. The Kier molecular flexibility index (Phi) is 5.22. The molecule has 4 heteroatoms. The molecule has 1 unspecified atom stereocenters. The van der Waals surface area contributed by atoms with Crippen LogP contribution in [0.1, 0.15) is 31.6 Å². The fourth-order valence-electron chi connectivity index (χ4n) is 1.68. The zero-order valence-electron chi connectivity index (χ0n) is 10.9. The summed E-state index contributed by atoms with van der Waals surface area (Å²) in [4.78, 5) is 11.6. The molecule has 96 valence electrons. The molecule has 1 N–H and O–H groups in total. The van der Waals surface area contributed by atoms with E-state index in [-0.39, 0.29) is 12.0 Å². The summed E-state index contributed by atoms with van der Waals surface area (Å²) in [5.41, 5.74) is 1.09. The van der Waals surface area contributed by atoms with Crippen LogP contribution in [0.2, 0.25) is 0 Å². The highest BCUT2D eigenvalue weighted by Gasteiger charge is 2.20. The first-order valence-corrected chi connectivity index (χ1v) is 5.88. The third kappa shape index (κ3) is 4.23. The molecule has 1 aromatic heterocycles. The van der Waals surface area contributed by atoms with Crippen molar-refractivity contribution in [3.05, 3.63) is 23.7 Å². The number of furan rings is 1. The van der Waals surface area contributed by atoms with Crippen LogP contribution in [0.15, 0.2) is 16.7 Å². The first-order valence-electron chi connectivity index (χ1n) is 5.88. The number of ether oxygens (including phenoxy) is 1. The molecule has 0 bridgehead atoms. The fourth-order valence-corrected chi connectivity index (χ4v) is 1.68. The van der Waals surface area contributed by atoms with E-state index in [4.69, 9.17) is 9.15 Å². The molecule has 0 aliphatic rings. The third-order valence-corrected chi connectivity index (χ3v) is 2.67. The number of carbonyl (C=O) groups is 1. The third-order valence-electron chi connectivity index (χ3n) is 2.67. The first kappa shape index (κ1) is 13.8. The molecular formula is C13H21NO3. The predicted molar refractivity (Wildman–Crippen MR) is 65.5 cm³/mol. The van der Waals surface area contributed by atoms with E-state index in [0.717, 1.165) is 17.7 Å². The molecule has 1 atom stereocenters. The maximum Gasteiger partial charge on any atom is 0.322 e. The van der Waals surface area contributed by atoms with Crippen molar-refractivity contribution in [2.24, 2.45) is 5.92 Å². The van der Waals surface area contributed by atoms with Gasteiger partial charge in [-0.1, -0.05) is 13.8 Å². The van der Waals surface area contributed by atoms with Crippen LogP contribution in [0.3, 0.4) is 0 Å². The predicted octanol–water partition coefficient (Wildman–Crippen LogP) is 2.27. The van der Waals surface area contributed by atoms with Gasteiger partial charge in [-0.3, -0.25) is 10.1 Å². The van der Waals surface area contributed by atoms with E-state index in [0.29, 0.717) is 12.5 Å². The highest BCUT2D eigenvalue weighted by Crippen LogP contribution is 2.11. The fraction of sp³-hybridized carbons (Fsp3) is 0.615. The second-order valence-corrected chi connectivity index (χ2v) is 4.61. The lowest BCUT2D eigenvalue weighted by Crippen LogP contribution is -2.38. The lowest BCUT2D eigenvalue weighted by Gasteiger charge is -2.17. The molecule has 0 saturated heterocycles. The monoisotopic (exact) mass is 239 g/mol. The maximum absolute atomic E-state index is 11.6. The van der Waals surface area contributed by atoms with Crippen LogP contribution < -0.4 is 5.32 Å². The molecule has 0 spiro atoms. The second kappa shape index (κ2) is 6.45. The lowest BCUT2D eigenvalue weighted by atomic mass is 10.0. The number of nitrogens with one attached hydrogen (secondary N) is 1. The molecule has 1 aromatic rings. The number of esters is 1. The zero-order chi connectivity index (χ0) is 12.8. The number of rotatable bonds is 6. The van der Waals surface area contributed by atoms with Crippen LogP contribution in [-0.4, -0.2) is 19.1 Å². The van der Waals surface area contributed by atoms with Crippen LogP contribution in [0.4, 0.5) is 0 Å². The van der Waals surface area contributed by atoms with Crippen molar-refractivity contribution in [1.29, 1.82) is 0 Å². The summed E-state index contributed by atoms with van der Waals surface area (Å²) in [5.74, 6) is 1.08. The minimum absolute atomic E-state index is 0.220. The summed E-state index contributed by atoms with van der Waals surface area (Å²) in [6.45, 7) is 6.69. The number of methoxy groups -OCH3 is 1. The quantitative estimate of drug-likeness (QED) is 0.774. The van der Waals surface area contributed by atoms with Crippen LogP contribution in [0.5, 0.6) is 0 Å². The molecule has 0 radical (unpaired) electrons. The van der Waals surface area contributed by atoms with Gasteiger partial charge in [0.1, 0.15) is 11.8 Å². The van der Waals surface area contributed by atoms with Crippen LogP contribution in [0.25, 0.3) is 0 Å². The molecule has 0 aliphatic carbocycles. The smallest absolute Gasteiger partial charge is 0.322 e. The Morgan fingerprint density at radius 2 is 2.24 bits per heavy atom. The Morgan fingerprint density at radius 3 is 2.71 bits per heavy atom. The van der Waals surface area contributed by atoms with Crippen LogP contribution in [-0.2, 0) is 16.1 Å². The molecule has 1 heterocycles. The standard InChI is InChI=1S/C13H21NO3/c1-9(2)7-11(13(15)16-4)14-8-12-10(3)5-6-17-12/h5-6,9,11,14H,7-8H2,1-4H3. The highest BCUT2D eigenvalue weighted by molar-refractivity contribution is 5.75. The van der Waals surface area contributed by atoms with Crippen molar-refractivity contribution < 1.29 is 13.9 Å². The van der Waals surface area contributed by atoms with Gasteiger partial charge in [-0.2, -0.15) is 0 Å². The average Bonchev–Trinajstić information content (AvgIpc) is 2.68. The summed E-state index contributed by atoms with van der Waals surface area (Å²) in [6, 6.07) is 1.64. The zero-order valence-corrected chi connectivity index (χ0v) is 10.9. The van der Waals surface area contributed by atoms with Gasteiger partial charge in [-0.25, -0.2) is 0 Å². The van der Waals surface area contributed by atoms with E-state index in [1.54, 1.807) is 6.26 Å². The van der Waals surface area contributed by atoms with Gasteiger partial charge >= 0.3 is 5.97 Å². The van der Waals surface area contributed by atoms with Crippen molar-refractivity contribution in [1.82, 2.24) is 5.32 Å². The number of hydrogen-bond donors (Lipinski definition) is 1. The number of hydrogen-bond acceptors (Lipinski definition) is 4. The Bertz CT molecular complexity index is 357. The molecule has 1 rings (SSSR count). The number of aryl methyl sites for hydroxylation is 1. The van der Waals surface area contributed by atoms with Gasteiger partial charge in [0, 0.05) is 0 Å². The van der Waals surface area contributed by atoms with E-state index < -0.39 is 0 Å². The first-order chi connectivity index (χ1) is 8.04. The van der Waals surface area contributed by atoms with E-state index in [2.05, 4.69) is 19.2 Å². The van der Waals surface area contributed by atoms with Gasteiger partial charge in [-0.15, -0.1) is 0 Å². The van der Waals surface area contributed by atoms with E-state index >= 15 is 0 Å². The molecule has 17 heavy (non-hydrogen) atoms. The largest absolute Gasteiger partial charge is 0.468 e. The van der Waals surface area contributed by atoms with Gasteiger partial charge in [0.25, 0.3) is 0 Å². The summed E-state index contributed by atoms with van der Waals surface area (Å²) < 4.78 is 10.1. The minimum atomic E-state index is -0.274. The Morgan fingerprint density at radius 1 is 1.53 bits per heavy atom. The summed E-state index contributed by atoms with van der Waals surface area (Å²) in [6.07, 6.45) is 2.41. The normalized spacial score (nSPS) is 12.8. The van der Waals surface area contributed by atoms with Crippen molar-refractivity contribution in [3.8, 4) is 0 Å². The topological polar surface area (TPSA) is 51.5 Å². The van der Waals surface area contributed by atoms with E-state index in [9.17, 15) is 4.79 Å². The molecule has 0 saturated carbocycles. The van der Waals surface area contributed by atoms with Crippen molar-refractivity contribution >= 4 is 5.97 Å². The molecule has 4 nitrogen and oxygen atoms in total. The molecular weight excluding hydrogens is 218 g/mol. The van der Waals surface area contributed by atoms with Crippen molar-refractivity contribution in [2.45, 2.75) is 39.8 Å². The van der Waals surface area contributed by atoms with Gasteiger partial charge in [0.15, 0.2) is 0 Å². The second-order valence-electron chi connectivity index (χ2n) is 4.61. The summed E-state index contributed by atoms with van der Waals surface area (Å²) in [5, 5.41) is 3.18. The maximum atomic E-state index is 11.6. The highest BCUT2D eigenvalue weighted by atomic mass is 16.5. The molecule has 0 aliphatic heterocycles. The van der Waals surface area contributed by atoms with Crippen molar-refractivity contribution in [3.63, 3.8) is 0 Å². The van der Waals surface area contributed by atoms with E-state index in [1.165, 1.54) is 7.11 Å². The molecule has 0 amide bonds. The SMILES string of the molecule is COC(=O)C(CC(C)C)NCc1occc1C. The van der Waals surface area contributed by atoms with Crippen molar-refractivity contribution in [2.75, 3.05) is 7.11 Å². The Labute approximate surface area is 102 Å². The van der Waals surface area contributed by atoms with Gasteiger partial charge in [0.2, 0.25) is 0 Å². The minimum Gasteiger partial charge on any atom is -0.468 e. The molecule has 0 aromatic carbocycles. The van der Waals surface area contributed by atoms with Crippen LogP contribution in [0, 0.1) is 12.8 Å². The molecule has 0 fully saturated rings. The van der Waals surface area contributed by atoms with Gasteiger partial charge < -0.3 is 9.15 Å². The Balaban J connectivity index is 2.55. The Hall–Kier alpha value is -1.29. The van der Waals surface area contributed by atoms with Gasteiger partial charge in [0.05, 0.1) is 19.9 Å². The van der Waals surface area contributed by atoms with E-state index in [1.807, 2.05) is 13.0 Å². The summed E-state index contributed by atoms with van der Waals surface area (Å²) >= 11 is 0. The van der Waals surface area contributed by atoms with Gasteiger partial charge in [-0.05, 0) is 30.9 Å². The lowest BCUT2D eigenvalue weighted by molar-refractivity contribution is -0.143. The summed E-state index contributed by atoms with van der Waals surface area (Å²) in [7, 11) is 1.41.